The number of amides is 1. The third-order valence-electron chi connectivity index (χ3n) is 3.67. The van der Waals surface area contributed by atoms with Crippen LogP contribution in [0, 0.1) is 10.1 Å². The number of hydrogen-bond acceptors (Lipinski definition) is 7. The van der Waals surface area contributed by atoms with Crippen LogP contribution in [0.3, 0.4) is 0 Å². The lowest BCUT2D eigenvalue weighted by Crippen LogP contribution is -2.18. The number of para-hydroxylation sites is 1. The molecule has 0 saturated carbocycles. The number of carbonyl (C=O) groups excluding carboxylic acids is 1. The van der Waals surface area contributed by atoms with E-state index in [1.165, 1.54) is 30.5 Å². The van der Waals surface area contributed by atoms with E-state index in [4.69, 9.17) is 14.2 Å². The highest BCUT2D eigenvalue weighted by Gasteiger charge is 2.18. The van der Waals surface area contributed by atoms with Crippen LogP contribution in [0.4, 0.5) is 5.69 Å². The Hall–Kier alpha value is -3.62. The largest absolute Gasteiger partial charge is 0.490 e. The molecule has 0 aliphatic rings. The van der Waals surface area contributed by atoms with Crippen LogP contribution in [-0.2, 0) is 0 Å². The number of nitrogens with one attached hydrogen (secondary N) is 1. The van der Waals surface area contributed by atoms with Gasteiger partial charge in [0.2, 0.25) is 5.75 Å². The summed E-state index contributed by atoms with van der Waals surface area (Å²) in [7, 11) is 0. The molecule has 154 valence electrons. The Labute approximate surface area is 168 Å². The van der Waals surface area contributed by atoms with Crippen LogP contribution in [0.1, 0.15) is 36.7 Å². The van der Waals surface area contributed by atoms with E-state index >= 15 is 0 Å². The van der Waals surface area contributed by atoms with Crippen LogP contribution in [0.2, 0.25) is 0 Å². The normalized spacial score (nSPS) is 10.6. The molecule has 0 radical (unpaired) electrons. The van der Waals surface area contributed by atoms with E-state index < -0.39 is 10.8 Å². The molecule has 9 heteroatoms. The average Bonchev–Trinajstić information content (AvgIpc) is 2.70. The van der Waals surface area contributed by atoms with Crippen molar-refractivity contribution in [1.29, 1.82) is 0 Å². The van der Waals surface area contributed by atoms with E-state index in [-0.39, 0.29) is 16.8 Å². The van der Waals surface area contributed by atoms with Gasteiger partial charge in [-0.3, -0.25) is 14.9 Å². The van der Waals surface area contributed by atoms with Crippen LogP contribution in [0.5, 0.6) is 17.2 Å². The molecule has 0 bridgehead atoms. The summed E-state index contributed by atoms with van der Waals surface area (Å²) in [6.45, 7) is 6.65. The Bertz CT molecular complexity index is 871. The van der Waals surface area contributed by atoms with Crippen molar-refractivity contribution in [3.8, 4) is 17.2 Å². The second-order valence-corrected chi connectivity index (χ2v) is 5.62. The number of carbonyl (C=O) groups is 1. The summed E-state index contributed by atoms with van der Waals surface area (Å²) in [5, 5.41) is 14.9. The van der Waals surface area contributed by atoms with Gasteiger partial charge in [0.05, 0.1) is 36.5 Å². The van der Waals surface area contributed by atoms with Crippen molar-refractivity contribution in [1.82, 2.24) is 5.43 Å². The monoisotopic (exact) mass is 401 g/mol. The fraction of sp³-hybridized carbons (Fsp3) is 0.300. The Morgan fingerprint density at radius 1 is 1.07 bits per heavy atom. The van der Waals surface area contributed by atoms with Crippen molar-refractivity contribution < 1.29 is 23.9 Å². The minimum atomic E-state index is -0.523. The number of rotatable bonds is 10. The van der Waals surface area contributed by atoms with Crippen molar-refractivity contribution in [2.75, 3.05) is 19.8 Å². The quantitative estimate of drug-likeness (QED) is 0.370. The van der Waals surface area contributed by atoms with Crippen molar-refractivity contribution in [3.63, 3.8) is 0 Å². The maximum absolute atomic E-state index is 12.5. The van der Waals surface area contributed by atoms with Gasteiger partial charge < -0.3 is 14.2 Å². The first kappa shape index (κ1) is 21.7. The molecule has 0 unspecified atom stereocenters. The highest BCUT2D eigenvalue weighted by molar-refractivity contribution is 5.96. The summed E-state index contributed by atoms with van der Waals surface area (Å²) < 4.78 is 16.8. The highest BCUT2D eigenvalue weighted by Crippen LogP contribution is 2.39. The third-order valence-corrected chi connectivity index (χ3v) is 3.67. The third kappa shape index (κ3) is 5.68. The van der Waals surface area contributed by atoms with E-state index in [1.807, 2.05) is 20.8 Å². The van der Waals surface area contributed by atoms with Gasteiger partial charge in [-0.1, -0.05) is 12.1 Å². The Kier molecular flexibility index (Phi) is 7.96. The average molecular weight is 401 g/mol. The molecule has 2 aromatic carbocycles. The minimum Gasteiger partial charge on any atom is -0.490 e. The summed E-state index contributed by atoms with van der Waals surface area (Å²) in [6, 6.07) is 9.16. The molecule has 0 aliphatic carbocycles. The zero-order chi connectivity index (χ0) is 21.2. The molecule has 0 aromatic heterocycles. The Morgan fingerprint density at radius 2 is 1.66 bits per heavy atom. The molecule has 0 atom stereocenters. The van der Waals surface area contributed by atoms with Crippen molar-refractivity contribution >= 4 is 17.8 Å². The molecule has 1 amide bonds. The number of nitrogens with zero attached hydrogens (tertiary/aromatic N) is 2. The van der Waals surface area contributed by atoms with Gasteiger partial charge in [-0.05, 0) is 39.0 Å². The van der Waals surface area contributed by atoms with E-state index in [0.29, 0.717) is 37.1 Å². The number of nitro benzene ring substituents is 1. The molecule has 9 nitrogen and oxygen atoms in total. The van der Waals surface area contributed by atoms with Crippen LogP contribution >= 0.6 is 0 Å². The second-order valence-electron chi connectivity index (χ2n) is 5.62. The lowest BCUT2D eigenvalue weighted by Gasteiger charge is -2.16. The minimum absolute atomic E-state index is 0.108. The highest BCUT2D eigenvalue weighted by atomic mass is 16.6. The topological polar surface area (TPSA) is 112 Å². The summed E-state index contributed by atoms with van der Waals surface area (Å²) in [4.78, 5) is 23.0. The molecule has 0 aliphatic heterocycles. The van der Waals surface area contributed by atoms with Gasteiger partial charge in [0.1, 0.15) is 0 Å². The molecule has 2 rings (SSSR count). The molecule has 0 fully saturated rings. The van der Waals surface area contributed by atoms with Gasteiger partial charge in [-0.25, -0.2) is 5.43 Å². The number of hydrogen-bond donors (Lipinski definition) is 1. The maximum Gasteiger partial charge on any atom is 0.278 e. The molecule has 0 spiro atoms. The number of hydrazone groups is 1. The van der Waals surface area contributed by atoms with Gasteiger partial charge in [0.15, 0.2) is 11.5 Å². The van der Waals surface area contributed by atoms with Gasteiger partial charge >= 0.3 is 0 Å². The van der Waals surface area contributed by atoms with Crippen LogP contribution in [-0.4, -0.2) is 36.9 Å². The fourth-order valence-corrected chi connectivity index (χ4v) is 2.51. The first-order valence-electron chi connectivity index (χ1n) is 9.15. The van der Waals surface area contributed by atoms with Gasteiger partial charge in [-0.15, -0.1) is 0 Å². The maximum atomic E-state index is 12.5. The van der Waals surface area contributed by atoms with Crippen molar-refractivity contribution in [3.05, 3.63) is 57.6 Å². The summed E-state index contributed by atoms with van der Waals surface area (Å²) in [6.07, 6.45) is 1.22. The molecule has 2 aromatic rings. The van der Waals surface area contributed by atoms with Gasteiger partial charge in [-0.2, -0.15) is 5.10 Å². The standard InChI is InChI=1S/C20H23N3O6/c1-4-27-17-11-15(12-18(28-5-2)19(17)29-6-3)20(24)22-21-13-14-9-7-8-10-16(14)23(25)26/h7-13H,4-6H2,1-3H3,(H,22,24)/b21-13+. The predicted octanol–water partition coefficient (Wildman–Crippen LogP) is 3.55. The van der Waals surface area contributed by atoms with E-state index in [1.54, 1.807) is 12.1 Å². The van der Waals surface area contributed by atoms with Gasteiger partial charge in [0.25, 0.3) is 11.6 Å². The first-order valence-corrected chi connectivity index (χ1v) is 9.15. The van der Waals surface area contributed by atoms with Gasteiger partial charge in [0, 0.05) is 11.6 Å². The Morgan fingerprint density at radius 3 is 2.21 bits per heavy atom. The molecule has 29 heavy (non-hydrogen) atoms. The summed E-state index contributed by atoms with van der Waals surface area (Å²) >= 11 is 0. The van der Waals surface area contributed by atoms with Crippen LogP contribution in [0.25, 0.3) is 0 Å². The molecule has 1 N–H and O–H groups in total. The second kappa shape index (κ2) is 10.6. The molecule has 0 heterocycles. The Balaban J connectivity index is 2.27. The lowest BCUT2D eigenvalue weighted by molar-refractivity contribution is -0.385. The smallest absolute Gasteiger partial charge is 0.278 e. The lowest BCUT2D eigenvalue weighted by atomic mass is 10.1. The predicted molar refractivity (Wildman–Crippen MR) is 108 cm³/mol. The van der Waals surface area contributed by atoms with E-state index in [2.05, 4.69) is 10.5 Å². The fourth-order valence-electron chi connectivity index (χ4n) is 2.51. The van der Waals surface area contributed by atoms with E-state index in [0.717, 1.165) is 0 Å². The SMILES string of the molecule is CCOc1cc(C(=O)N/N=C/c2ccccc2[N+](=O)[O-])cc(OCC)c1OCC. The van der Waals surface area contributed by atoms with E-state index in [9.17, 15) is 14.9 Å². The molecule has 0 saturated heterocycles. The van der Waals surface area contributed by atoms with Crippen molar-refractivity contribution in [2.45, 2.75) is 20.8 Å². The number of benzene rings is 2. The molecular formula is C20H23N3O6. The molecular weight excluding hydrogens is 378 g/mol. The van der Waals surface area contributed by atoms with Crippen LogP contribution in [0.15, 0.2) is 41.5 Å². The summed E-state index contributed by atoms with van der Waals surface area (Å²) in [5.41, 5.74) is 2.77. The summed E-state index contributed by atoms with van der Waals surface area (Å²) in [5.74, 6) is 0.669. The number of ether oxygens (including phenoxy) is 3. The number of nitro groups is 1. The van der Waals surface area contributed by atoms with Crippen LogP contribution < -0.4 is 19.6 Å². The van der Waals surface area contributed by atoms with Crippen molar-refractivity contribution in [2.24, 2.45) is 5.10 Å². The zero-order valence-corrected chi connectivity index (χ0v) is 16.5. The first-order chi connectivity index (χ1) is 14.0. The zero-order valence-electron chi connectivity index (χ0n) is 16.5.